The third-order valence-electron chi connectivity index (χ3n) is 4.04. The Kier molecular flexibility index (Phi) is 4.78. The molecule has 0 radical (unpaired) electrons. The van der Waals surface area contributed by atoms with Gasteiger partial charge in [0.15, 0.2) is 5.69 Å². The number of hydrogen-bond acceptors (Lipinski definition) is 5. The van der Waals surface area contributed by atoms with E-state index in [1.54, 1.807) is 11.2 Å². The van der Waals surface area contributed by atoms with Crippen LogP contribution in [0.1, 0.15) is 27.5 Å². The molecule has 0 saturated carbocycles. The summed E-state index contributed by atoms with van der Waals surface area (Å²) in [5, 5.41) is 10.6. The van der Waals surface area contributed by atoms with Crippen LogP contribution >= 0.6 is 0 Å². The van der Waals surface area contributed by atoms with E-state index in [1.807, 2.05) is 26.2 Å². The summed E-state index contributed by atoms with van der Waals surface area (Å²) in [6, 6.07) is 3.72. The SMILES string of the molecule is CN(C)CCN(Cc1ccco1)C(=O)c1n[nH]c2c1CNCC2. The van der Waals surface area contributed by atoms with Crippen molar-refractivity contribution in [3.63, 3.8) is 0 Å². The minimum atomic E-state index is -0.0514. The van der Waals surface area contributed by atoms with Gasteiger partial charge in [-0.05, 0) is 26.2 Å². The molecule has 2 aromatic heterocycles. The number of fused-ring (bicyclic) bond motifs is 1. The molecule has 1 aliphatic rings. The zero-order chi connectivity index (χ0) is 16.2. The number of H-pyrrole nitrogens is 1. The normalized spacial score (nSPS) is 14.0. The number of hydrogen-bond donors (Lipinski definition) is 2. The molecule has 0 fully saturated rings. The summed E-state index contributed by atoms with van der Waals surface area (Å²) < 4.78 is 5.40. The van der Waals surface area contributed by atoms with Crippen LogP contribution in [-0.2, 0) is 19.5 Å². The van der Waals surface area contributed by atoms with Gasteiger partial charge in [-0.2, -0.15) is 5.10 Å². The fourth-order valence-electron chi connectivity index (χ4n) is 2.72. The second-order valence-corrected chi connectivity index (χ2v) is 6.07. The second kappa shape index (κ2) is 6.97. The number of amides is 1. The summed E-state index contributed by atoms with van der Waals surface area (Å²) in [6.45, 7) is 3.47. The van der Waals surface area contributed by atoms with Gasteiger partial charge in [-0.3, -0.25) is 9.89 Å². The summed E-state index contributed by atoms with van der Waals surface area (Å²) >= 11 is 0. The Hall–Kier alpha value is -2.12. The van der Waals surface area contributed by atoms with Crippen LogP contribution in [0.25, 0.3) is 0 Å². The van der Waals surface area contributed by atoms with Crippen molar-refractivity contribution in [1.29, 1.82) is 0 Å². The molecule has 1 amide bonds. The van der Waals surface area contributed by atoms with Gasteiger partial charge in [-0.25, -0.2) is 0 Å². The maximum atomic E-state index is 13.0. The lowest BCUT2D eigenvalue weighted by atomic mass is 10.1. The fourth-order valence-corrected chi connectivity index (χ4v) is 2.72. The Balaban J connectivity index is 1.80. The molecule has 2 N–H and O–H groups in total. The predicted octanol–water partition coefficient (Wildman–Crippen LogP) is 0.852. The van der Waals surface area contributed by atoms with Crippen molar-refractivity contribution >= 4 is 5.91 Å². The van der Waals surface area contributed by atoms with E-state index in [0.29, 0.717) is 25.3 Å². The molecule has 7 heteroatoms. The van der Waals surface area contributed by atoms with Crippen LogP contribution in [0, 0.1) is 0 Å². The molecule has 0 bridgehead atoms. The lowest BCUT2D eigenvalue weighted by Gasteiger charge is -2.23. The highest BCUT2D eigenvalue weighted by molar-refractivity contribution is 5.94. The molecule has 0 spiro atoms. The van der Waals surface area contributed by atoms with Crippen molar-refractivity contribution in [1.82, 2.24) is 25.3 Å². The van der Waals surface area contributed by atoms with E-state index >= 15 is 0 Å². The Labute approximate surface area is 135 Å². The van der Waals surface area contributed by atoms with Crippen molar-refractivity contribution in [2.45, 2.75) is 19.5 Å². The van der Waals surface area contributed by atoms with E-state index in [1.165, 1.54) is 0 Å². The molecule has 2 aromatic rings. The van der Waals surface area contributed by atoms with Gasteiger partial charge in [-0.15, -0.1) is 0 Å². The lowest BCUT2D eigenvalue weighted by Crippen LogP contribution is -2.37. The summed E-state index contributed by atoms with van der Waals surface area (Å²) in [7, 11) is 3.99. The van der Waals surface area contributed by atoms with Crippen molar-refractivity contribution < 1.29 is 9.21 Å². The van der Waals surface area contributed by atoms with Crippen molar-refractivity contribution in [2.75, 3.05) is 33.7 Å². The minimum Gasteiger partial charge on any atom is -0.467 e. The standard InChI is InChI=1S/C16H23N5O2/c1-20(2)7-8-21(11-12-4-3-9-23-12)16(22)15-13-10-17-6-5-14(13)18-19-15/h3-4,9,17H,5-8,10-11H2,1-2H3,(H,18,19). The van der Waals surface area contributed by atoms with Crippen molar-refractivity contribution in [3.05, 3.63) is 41.1 Å². The second-order valence-electron chi connectivity index (χ2n) is 6.07. The third kappa shape index (κ3) is 3.62. The van der Waals surface area contributed by atoms with Crippen molar-refractivity contribution in [2.24, 2.45) is 0 Å². The molecule has 0 saturated heterocycles. The van der Waals surface area contributed by atoms with E-state index in [-0.39, 0.29) is 5.91 Å². The summed E-state index contributed by atoms with van der Waals surface area (Å²) in [4.78, 5) is 16.8. The molecule has 1 aliphatic heterocycles. The maximum absolute atomic E-state index is 13.0. The minimum absolute atomic E-state index is 0.0514. The Bertz CT molecular complexity index is 647. The smallest absolute Gasteiger partial charge is 0.275 e. The summed E-state index contributed by atoms with van der Waals surface area (Å²) in [5.41, 5.74) is 2.59. The van der Waals surface area contributed by atoms with Gasteiger partial charge in [0.05, 0.1) is 12.8 Å². The van der Waals surface area contributed by atoms with E-state index in [9.17, 15) is 4.79 Å². The van der Waals surface area contributed by atoms with Gasteiger partial charge in [0.2, 0.25) is 0 Å². The molecule has 3 rings (SSSR count). The van der Waals surface area contributed by atoms with E-state index in [4.69, 9.17) is 4.42 Å². The van der Waals surface area contributed by atoms with Crippen LogP contribution < -0.4 is 5.32 Å². The number of rotatable bonds is 6. The Morgan fingerprint density at radius 3 is 3.00 bits per heavy atom. The number of nitrogens with zero attached hydrogens (tertiary/aromatic N) is 3. The number of furan rings is 1. The first-order chi connectivity index (χ1) is 11.1. The van der Waals surface area contributed by atoms with Gasteiger partial charge in [0, 0.05) is 43.9 Å². The number of carbonyl (C=O) groups excluding carboxylic acids is 1. The number of nitrogens with one attached hydrogen (secondary N) is 2. The van der Waals surface area contributed by atoms with Gasteiger partial charge < -0.3 is 19.5 Å². The Morgan fingerprint density at radius 1 is 1.39 bits per heavy atom. The molecule has 0 aromatic carbocycles. The third-order valence-corrected chi connectivity index (χ3v) is 4.04. The molecular formula is C16H23N5O2. The van der Waals surface area contributed by atoms with Crippen LogP contribution in [0.5, 0.6) is 0 Å². The first kappa shape index (κ1) is 15.8. The topological polar surface area (TPSA) is 77.4 Å². The first-order valence-electron chi connectivity index (χ1n) is 7.88. The van der Waals surface area contributed by atoms with Crippen LogP contribution in [0.15, 0.2) is 22.8 Å². The molecule has 23 heavy (non-hydrogen) atoms. The molecule has 0 aliphatic carbocycles. The highest BCUT2D eigenvalue weighted by Crippen LogP contribution is 2.18. The van der Waals surface area contributed by atoms with Crippen LogP contribution in [0.4, 0.5) is 0 Å². The molecule has 3 heterocycles. The average Bonchev–Trinajstić information content (AvgIpc) is 3.20. The summed E-state index contributed by atoms with van der Waals surface area (Å²) in [5.74, 6) is 0.726. The van der Waals surface area contributed by atoms with Crippen LogP contribution in [0.3, 0.4) is 0 Å². The van der Waals surface area contributed by atoms with Crippen LogP contribution in [0.2, 0.25) is 0 Å². The lowest BCUT2D eigenvalue weighted by molar-refractivity contribution is 0.0712. The molecule has 124 valence electrons. The quantitative estimate of drug-likeness (QED) is 0.826. The molecule has 0 atom stereocenters. The van der Waals surface area contributed by atoms with Gasteiger partial charge >= 0.3 is 0 Å². The highest BCUT2D eigenvalue weighted by atomic mass is 16.3. The van der Waals surface area contributed by atoms with Crippen LogP contribution in [-0.4, -0.2) is 59.6 Å². The molecular weight excluding hydrogens is 294 g/mol. The molecule has 0 unspecified atom stereocenters. The number of aromatic nitrogens is 2. The Morgan fingerprint density at radius 2 is 2.26 bits per heavy atom. The van der Waals surface area contributed by atoms with E-state index in [2.05, 4.69) is 20.4 Å². The largest absolute Gasteiger partial charge is 0.467 e. The first-order valence-corrected chi connectivity index (χ1v) is 7.88. The fraction of sp³-hybridized carbons (Fsp3) is 0.500. The summed E-state index contributed by atoms with van der Waals surface area (Å²) in [6.07, 6.45) is 2.51. The number of aromatic amines is 1. The maximum Gasteiger partial charge on any atom is 0.275 e. The number of likely N-dealkylation sites (N-methyl/N-ethyl adjacent to an activating group) is 1. The zero-order valence-corrected chi connectivity index (χ0v) is 13.6. The average molecular weight is 317 g/mol. The predicted molar refractivity (Wildman–Crippen MR) is 86.0 cm³/mol. The van der Waals surface area contributed by atoms with Gasteiger partial charge in [0.1, 0.15) is 5.76 Å². The van der Waals surface area contributed by atoms with E-state index < -0.39 is 0 Å². The van der Waals surface area contributed by atoms with E-state index in [0.717, 1.165) is 36.5 Å². The number of carbonyl (C=O) groups is 1. The van der Waals surface area contributed by atoms with Gasteiger partial charge in [0.25, 0.3) is 5.91 Å². The zero-order valence-electron chi connectivity index (χ0n) is 13.6. The van der Waals surface area contributed by atoms with Gasteiger partial charge in [-0.1, -0.05) is 0 Å². The molecule has 7 nitrogen and oxygen atoms in total. The van der Waals surface area contributed by atoms with Crippen molar-refractivity contribution in [3.8, 4) is 0 Å². The highest BCUT2D eigenvalue weighted by Gasteiger charge is 2.26. The monoisotopic (exact) mass is 317 g/mol.